The molecule has 0 saturated heterocycles. The zero-order valence-electron chi connectivity index (χ0n) is 26.2. The minimum atomic E-state index is 0.867. The molecule has 1 nitrogen and oxygen atoms in total. The van der Waals surface area contributed by atoms with E-state index in [1.807, 2.05) is 0 Å². The van der Waals surface area contributed by atoms with Gasteiger partial charge >= 0.3 is 0 Å². The van der Waals surface area contributed by atoms with E-state index < -0.39 is 0 Å². The van der Waals surface area contributed by atoms with Gasteiger partial charge in [-0.05, 0) is 102 Å². The lowest BCUT2D eigenvalue weighted by Crippen LogP contribution is -1.97. The molecule has 2 aliphatic carbocycles. The first-order chi connectivity index (χ1) is 23.3. The highest BCUT2D eigenvalue weighted by molar-refractivity contribution is 6.35. The highest BCUT2D eigenvalue weighted by Crippen LogP contribution is 2.48. The SMILES string of the molecule is C1=CCCC(c2ccc(-c3c4ccccc4c(C4=CCC=C(c5ccccc5)C=C4)c4c5ccccc5c5ccccc5c34)cn2)=C1. The fraction of sp³-hybridized carbons (Fsp3) is 0.0652. The van der Waals surface area contributed by atoms with Gasteiger partial charge in [-0.2, -0.15) is 0 Å². The van der Waals surface area contributed by atoms with Crippen LogP contribution in [0.4, 0.5) is 0 Å². The summed E-state index contributed by atoms with van der Waals surface area (Å²) >= 11 is 0. The van der Waals surface area contributed by atoms with Crippen LogP contribution < -0.4 is 0 Å². The van der Waals surface area contributed by atoms with Gasteiger partial charge in [0.25, 0.3) is 0 Å². The van der Waals surface area contributed by atoms with E-state index in [0.29, 0.717) is 0 Å². The van der Waals surface area contributed by atoms with Crippen molar-refractivity contribution >= 4 is 59.8 Å². The Morgan fingerprint density at radius 2 is 1.09 bits per heavy atom. The predicted octanol–water partition coefficient (Wildman–Crippen LogP) is 12.5. The first-order valence-corrected chi connectivity index (χ1v) is 16.6. The van der Waals surface area contributed by atoms with Crippen molar-refractivity contribution in [1.82, 2.24) is 4.98 Å². The topological polar surface area (TPSA) is 12.9 Å². The van der Waals surface area contributed by atoms with E-state index in [2.05, 4.69) is 164 Å². The van der Waals surface area contributed by atoms with Crippen LogP contribution in [0, 0.1) is 0 Å². The molecule has 7 aromatic rings. The van der Waals surface area contributed by atoms with Crippen LogP contribution in [-0.4, -0.2) is 4.98 Å². The molecule has 222 valence electrons. The molecule has 0 fully saturated rings. The summed E-state index contributed by atoms with van der Waals surface area (Å²) in [4.78, 5) is 5.06. The lowest BCUT2D eigenvalue weighted by molar-refractivity contribution is 1.04. The number of rotatable bonds is 4. The summed E-state index contributed by atoms with van der Waals surface area (Å²) in [6.45, 7) is 0. The van der Waals surface area contributed by atoms with E-state index in [4.69, 9.17) is 4.98 Å². The van der Waals surface area contributed by atoms with Crippen molar-refractivity contribution in [2.24, 2.45) is 0 Å². The first-order valence-electron chi connectivity index (χ1n) is 16.6. The third-order valence-electron chi connectivity index (χ3n) is 9.81. The highest BCUT2D eigenvalue weighted by Gasteiger charge is 2.22. The van der Waals surface area contributed by atoms with Gasteiger partial charge in [0.1, 0.15) is 0 Å². The van der Waals surface area contributed by atoms with Crippen LogP contribution in [0.15, 0.2) is 164 Å². The Labute approximate surface area is 275 Å². The molecule has 0 unspecified atom stereocenters. The number of nitrogens with zero attached hydrogens (tertiary/aromatic N) is 1. The molecular formula is C46H33N. The quantitative estimate of drug-likeness (QED) is 0.145. The van der Waals surface area contributed by atoms with Crippen molar-refractivity contribution in [2.45, 2.75) is 19.3 Å². The van der Waals surface area contributed by atoms with Crippen molar-refractivity contribution in [3.05, 3.63) is 181 Å². The molecule has 0 atom stereocenters. The van der Waals surface area contributed by atoms with Crippen LogP contribution in [0.5, 0.6) is 0 Å². The summed E-state index contributed by atoms with van der Waals surface area (Å²) in [5.74, 6) is 0. The zero-order chi connectivity index (χ0) is 31.2. The first kappa shape index (κ1) is 27.5. The molecule has 0 radical (unpaired) electrons. The number of allylic oxidation sites excluding steroid dienone is 10. The predicted molar refractivity (Wildman–Crippen MR) is 202 cm³/mol. The number of hydrogen-bond donors (Lipinski definition) is 0. The number of fused-ring (bicyclic) bond motifs is 7. The minimum absolute atomic E-state index is 0.867. The van der Waals surface area contributed by atoms with Crippen LogP contribution in [-0.2, 0) is 0 Å². The number of benzene rings is 6. The zero-order valence-corrected chi connectivity index (χ0v) is 26.2. The Kier molecular flexibility index (Phi) is 6.75. The third-order valence-corrected chi connectivity index (χ3v) is 9.81. The molecule has 0 aliphatic heterocycles. The second-order valence-corrected chi connectivity index (χ2v) is 12.5. The van der Waals surface area contributed by atoms with Crippen LogP contribution in [0.2, 0.25) is 0 Å². The second-order valence-electron chi connectivity index (χ2n) is 12.5. The summed E-state index contributed by atoms with van der Waals surface area (Å²) in [6, 6.07) is 42.0. The average molecular weight is 600 g/mol. The van der Waals surface area contributed by atoms with E-state index in [1.165, 1.54) is 76.5 Å². The van der Waals surface area contributed by atoms with Gasteiger partial charge in [-0.1, -0.05) is 152 Å². The molecule has 6 aromatic carbocycles. The van der Waals surface area contributed by atoms with Gasteiger partial charge in [0, 0.05) is 11.8 Å². The van der Waals surface area contributed by atoms with E-state index in [9.17, 15) is 0 Å². The van der Waals surface area contributed by atoms with Crippen molar-refractivity contribution in [3.63, 3.8) is 0 Å². The molecule has 0 spiro atoms. The van der Waals surface area contributed by atoms with E-state index >= 15 is 0 Å². The summed E-state index contributed by atoms with van der Waals surface area (Å²) in [5.41, 5.74) is 9.81. The molecule has 1 aromatic heterocycles. The fourth-order valence-corrected chi connectivity index (χ4v) is 7.66. The van der Waals surface area contributed by atoms with Gasteiger partial charge in [0.2, 0.25) is 0 Å². The Morgan fingerprint density at radius 1 is 0.489 bits per heavy atom. The van der Waals surface area contributed by atoms with Crippen molar-refractivity contribution in [1.29, 1.82) is 0 Å². The second kappa shape index (κ2) is 11.5. The van der Waals surface area contributed by atoms with Crippen molar-refractivity contribution in [2.75, 3.05) is 0 Å². The van der Waals surface area contributed by atoms with Gasteiger partial charge in [0.15, 0.2) is 0 Å². The Hall–Kier alpha value is -5.79. The van der Waals surface area contributed by atoms with Crippen molar-refractivity contribution in [3.8, 4) is 11.1 Å². The number of hydrogen-bond acceptors (Lipinski definition) is 1. The maximum atomic E-state index is 5.06. The van der Waals surface area contributed by atoms with Crippen LogP contribution in [0.1, 0.15) is 36.1 Å². The molecule has 0 N–H and O–H groups in total. The van der Waals surface area contributed by atoms with Gasteiger partial charge in [-0.25, -0.2) is 0 Å². The molecule has 9 rings (SSSR count). The Morgan fingerprint density at radius 3 is 1.74 bits per heavy atom. The summed E-state index contributed by atoms with van der Waals surface area (Å²) < 4.78 is 0. The molecule has 0 saturated carbocycles. The largest absolute Gasteiger partial charge is 0.256 e. The maximum absolute atomic E-state index is 5.06. The van der Waals surface area contributed by atoms with Gasteiger partial charge in [-0.3, -0.25) is 4.98 Å². The molecular weight excluding hydrogens is 567 g/mol. The Balaban J connectivity index is 1.38. The lowest BCUT2D eigenvalue weighted by Gasteiger charge is -2.22. The molecule has 0 amide bonds. The summed E-state index contributed by atoms with van der Waals surface area (Å²) in [6.07, 6.45) is 21.0. The number of pyridine rings is 1. The monoisotopic (exact) mass is 599 g/mol. The van der Waals surface area contributed by atoms with Crippen LogP contribution in [0.3, 0.4) is 0 Å². The standard InChI is InChI=1S/C46H33N/c1-3-14-31(15-4-1)32-18-13-19-34(27-26-32)43-40-24-11-12-25-41(40)44(35-28-29-42(47-30-35)33-16-5-2-6-17-33)46-39-23-10-8-21-37(39)36-20-7-9-22-38(36)45(43)46/h1-5,7-12,14-16,18-30H,6,13,17H2. The normalized spacial score (nSPS) is 14.8. The summed E-state index contributed by atoms with van der Waals surface area (Å²) in [7, 11) is 0. The molecule has 0 bridgehead atoms. The van der Waals surface area contributed by atoms with Crippen molar-refractivity contribution < 1.29 is 0 Å². The Bertz CT molecular complexity index is 2500. The summed E-state index contributed by atoms with van der Waals surface area (Å²) in [5, 5.41) is 10.2. The lowest BCUT2D eigenvalue weighted by atomic mass is 9.81. The van der Waals surface area contributed by atoms with Crippen LogP contribution in [0.25, 0.3) is 70.9 Å². The molecule has 1 heterocycles. The van der Waals surface area contributed by atoms with E-state index in [1.54, 1.807) is 0 Å². The highest BCUT2D eigenvalue weighted by atomic mass is 14.7. The smallest absolute Gasteiger partial charge is 0.0662 e. The minimum Gasteiger partial charge on any atom is -0.256 e. The average Bonchev–Trinajstić information content (AvgIpc) is 3.41. The van der Waals surface area contributed by atoms with Gasteiger partial charge < -0.3 is 0 Å². The number of aromatic nitrogens is 1. The fourth-order valence-electron chi connectivity index (χ4n) is 7.66. The van der Waals surface area contributed by atoms with Gasteiger partial charge in [-0.15, -0.1) is 0 Å². The van der Waals surface area contributed by atoms with Gasteiger partial charge in [0.05, 0.1) is 5.69 Å². The van der Waals surface area contributed by atoms with Crippen LogP contribution >= 0.6 is 0 Å². The van der Waals surface area contributed by atoms with E-state index in [-0.39, 0.29) is 0 Å². The maximum Gasteiger partial charge on any atom is 0.0662 e. The molecule has 2 aliphatic rings. The third kappa shape index (κ3) is 4.66. The van der Waals surface area contributed by atoms with E-state index in [0.717, 1.165) is 30.5 Å². The molecule has 47 heavy (non-hydrogen) atoms. The molecule has 1 heteroatoms.